The highest BCUT2D eigenvalue weighted by atomic mass is 16.4. The molecule has 1 saturated carbocycles. The van der Waals surface area contributed by atoms with Crippen molar-refractivity contribution in [2.24, 2.45) is 11.3 Å². The Bertz CT molecular complexity index is 325. The molecule has 0 radical (unpaired) electrons. The highest BCUT2D eigenvalue weighted by Gasteiger charge is 2.30. The largest absolute Gasteiger partial charge is 0.480 e. The van der Waals surface area contributed by atoms with Gasteiger partial charge in [0.05, 0.1) is 0 Å². The summed E-state index contributed by atoms with van der Waals surface area (Å²) in [6.45, 7) is 6.53. The SMILES string of the molecule is CC[C@H](C)[C@H](NC(=O)NCC1(C)CCCC1)C(=O)O. The first kappa shape index (κ1) is 15.8. The van der Waals surface area contributed by atoms with Gasteiger partial charge in [-0.25, -0.2) is 9.59 Å². The summed E-state index contributed by atoms with van der Waals surface area (Å²) in [5, 5.41) is 14.5. The average molecular weight is 270 g/mol. The molecule has 0 aromatic carbocycles. The van der Waals surface area contributed by atoms with Gasteiger partial charge in [-0.1, -0.05) is 40.0 Å². The first-order chi connectivity index (χ1) is 8.88. The van der Waals surface area contributed by atoms with Crippen LogP contribution < -0.4 is 10.6 Å². The lowest BCUT2D eigenvalue weighted by molar-refractivity contribution is -0.140. The van der Waals surface area contributed by atoms with E-state index in [0.717, 1.165) is 19.3 Å². The number of hydrogen-bond acceptors (Lipinski definition) is 2. The molecular formula is C14H26N2O3. The molecule has 2 atom stereocenters. The van der Waals surface area contributed by atoms with E-state index in [-0.39, 0.29) is 17.4 Å². The quantitative estimate of drug-likeness (QED) is 0.693. The topological polar surface area (TPSA) is 78.4 Å². The van der Waals surface area contributed by atoms with Crippen LogP contribution in [0.1, 0.15) is 52.9 Å². The standard InChI is InChI=1S/C14H26N2O3/c1-4-10(2)11(12(17)18)16-13(19)15-9-14(3)7-5-6-8-14/h10-11H,4-9H2,1-3H3,(H,17,18)(H2,15,16,19)/t10-,11-/m0/s1. The van der Waals surface area contributed by atoms with Gasteiger partial charge in [0.15, 0.2) is 0 Å². The molecule has 1 rings (SSSR count). The van der Waals surface area contributed by atoms with Crippen molar-refractivity contribution < 1.29 is 14.7 Å². The Labute approximate surface area is 115 Å². The van der Waals surface area contributed by atoms with Crippen LogP contribution in [0.3, 0.4) is 0 Å². The Kier molecular flexibility index (Phi) is 5.63. The number of carbonyl (C=O) groups is 2. The summed E-state index contributed by atoms with van der Waals surface area (Å²) in [5.74, 6) is -1.05. The van der Waals surface area contributed by atoms with Crippen molar-refractivity contribution in [2.45, 2.75) is 58.9 Å². The lowest BCUT2D eigenvalue weighted by Crippen LogP contribution is -2.50. The summed E-state index contributed by atoms with van der Waals surface area (Å²) in [6.07, 6.45) is 5.39. The van der Waals surface area contributed by atoms with Crippen LogP contribution >= 0.6 is 0 Å². The summed E-state index contributed by atoms with van der Waals surface area (Å²) in [7, 11) is 0. The number of carboxylic acid groups (broad SMARTS) is 1. The second-order valence-electron chi connectivity index (χ2n) is 6.05. The predicted molar refractivity (Wildman–Crippen MR) is 74.0 cm³/mol. The van der Waals surface area contributed by atoms with E-state index in [9.17, 15) is 9.59 Å². The number of amides is 2. The van der Waals surface area contributed by atoms with Crippen molar-refractivity contribution in [1.82, 2.24) is 10.6 Å². The van der Waals surface area contributed by atoms with Gasteiger partial charge in [0.25, 0.3) is 0 Å². The fraction of sp³-hybridized carbons (Fsp3) is 0.857. The molecule has 1 fully saturated rings. The first-order valence-corrected chi connectivity index (χ1v) is 7.15. The van der Waals surface area contributed by atoms with Gasteiger partial charge in [0, 0.05) is 6.54 Å². The number of hydrogen-bond donors (Lipinski definition) is 3. The van der Waals surface area contributed by atoms with E-state index in [1.807, 2.05) is 13.8 Å². The maximum atomic E-state index is 11.8. The molecule has 5 nitrogen and oxygen atoms in total. The third kappa shape index (κ3) is 4.73. The molecule has 0 heterocycles. The normalized spacial score (nSPS) is 20.6. The number of urea groups is 1. The fourth-order valence-corrected chi connectivity index (χ4v) is 2.57. The van der Waals surface area contributed by atoms with Crippen LogP contribution in [0.4, 0.5) is 4.79 Å². The number of nitrogens with one attached hydrogen (secondary N) is 2. The summed E-state index contributed by atoms with van der Waals surface area (Å²) in [5.41, 5.74) is 0.173. The van der Waals surface area contributed by atoms with Gasteiger partial charge in [-0.2, -0.15) is 0 Å². The van der Waals surface area contributed by atoms with Crippen LogP contribution in [0.15, 0.2) is 0 Å². The zero-order valence-electron chi connectivity index (χ0n) is 12.2. The van der Waals surface area contributed by atoms with E-state index >= 15 is 0 Å². The molecule has 0 aromatic rings. The van der Waals surface area contributed by atoms with Crippen LogP contribution in [0.25, 0.3) is 0 Å². The minimum atomic E-state index is -0.975. The number of carboxylic acids is 1. The minimum absolute atomic E-state index is 0.0784. The molecule has 0 aromatic heterocycles. The Morgan fingerprint density at radius 3 is 2.37 bits per heavy atom. The molecular weight excluding hydrogens is 244 g/mol. The maximum Gasteiger partial charge on any atom is 0.326 e. The Morgan fingerprint density at radius 2 is 1.89 bits per heavy atom. The molecule has 0 spiro atoms. The van der Waals surface area contributed by atoms with E-state index in [1.54, 1.807) is 0 Å². The molecule has 2 amide bonds. The van der Waals surface area contributed by atoms with Crippen molar-refractivity contribution in [1.29, 1.82) is 0 Å². The van der Waals surface area contributed by atoms with Crippen LogP contribution in [-0.2, 0) is 4.79 Å². The summed E-state index contributed by atoms with van der Waals surface area (Å²) in [4.78, 5) is 22.9. The molecule has 1 aliphatic rings. The van der Waals surface area contributed by atoms with E-state index in [1.165, 1.54) is 12.8 Å². The van der Waals surface area contributed by atoms with Crippen LogP contribution in [0.5, 0.6) is 0 Å². The van der Waals surface area contributed by atoms with Gasteiger partial charge in [-0.05, 0) is 24.2 Å². The number of aliphatic carboxylic acids is 1. The molecule has 0 bridgehead atoms. The van der Waals surface area contributed by atoms with Crippen molar-refractivity contribution in [3.63, 3.8) is 0 Å². The van der Waals surface area contributed by atoms with E-state index in [4.69, 9.17) is 5.11 Å². The lowest BCUT2D eigenvalue weighted by Gasteiger charge is -2.25. The molecule has 0 saturated heterocycles. The first-order valence-electron chi connectivity index (χ1n) is 7.15. The highest BCUT2D eigenvalue weighted by molar-refractivity contribution is 5.82. The summed E-state index contributed by atoms with van der Waals surface area (Å²) >= 11 is 0. The van der Waals surface area contributed by atoms with Crippen molar-refractivity contribution in [2.75, 3.05) is 6.54 Å². The lowest BCUT2D eigenvalue weighted by atomic mass is 9.89. The fourth-order valence-electron chi connectivity index (χ4n) is 2.57. The van der Waals surface area contributed by atoms with Crippen LogP contribution in [0, 0.1) is 11.3 Å². The van der Waals surface area contributed by atoms with Crippen LogP contribution in [0.2, 0.25) is 0 Å². The van der Waals surface area contributed by atoms with Gasteiger partial charge < -0.3 is 15.7 Å². The van der Waals surface area contributed by atoms with Gasteiger partial charge >= 0.3 is 12.0 Å². The Hall–Kier alpha value is -1.26. The molecule has 3 N–H and O–H groups in total. The highest BCUT2D eigenvalue weighted by Crippen LogP contribution is 2.36. The molecule has 110 valence electrons. The average Bonchev–Trinajstić information content (AvgIpc) is 2.80. The van der Waals surface area contributed by atoms with E-state index in [2.05, 4.69) is 17.6 Å². The summed E-state index contributed by atoms with van der Waals surface area (Å²) in [6, 6.07) is -1.19. The second-order valence-corrected chi connectivity index (χ2v) is 6.05. The maximum absolute atomic E-state index is 11.8. The van der Waals surface area contributed by atoms with Crippen molar-refractivity contribution in [3.8, 4) is 0 Å². The summed E-state index contributed by atoms with van der Waals surface area (Å²) < 4.78 is 0. The third-order valence-electron chi connectivity index (χ3n) is 4.25. The van der Waals surface area contributed by atoms with Crippen molar-refractivity contribution >= 4 is 12.0 Å². The van der Waals surface area contributed by atoms with E-state index in [0.29, 0.717) is 6.54 Å². The van der Waals surface area contributed by atoms with Gasteiger partial charge in [0.1, 0.15) is 6.04 Å². The number of rotatable bonds is 6. The minimum Gasteiger partial charge on any atom is -0.480 e. The zero-order chi connectivity index (χ0) is 14.5. The third-order valence-corrected chi connectivity index (χ3v) is 4.25. The zero-order valence-corrected chi connectivity index (χ0v) is 12.2. The molecule has 19 heavy (non-hydrogen) atoms. The smallest absolute Gasteiger partial charge is 0.326 e. The monoisotopic (exact) mass is 270 g/mol. The van der Waals surface area contributed by atoms with E-state index < -0.39 is 12.0 Å². The number of carbonyl (C=O) groups excluding carboxylic acids is 1. The van der Waals surface area contributed by atoms with Crippen LogP contribution in [-0.4, -0.2) is 29.7 Å². The Morgan fingerprint density at radius 1 is 1.32 bits per heavy atom. The van der Waals surface area contributed by atoms with Crippen molar-refractivity contribution in [3.05, 3.63) is 0 Å². The molecule has 5 heteroatoms. The van der Waals surface area contributed by atoms with Gasteiger partial charge in [-0.3, -0.25) is 0 Å². The van der Waals surface area contributed by atoms with Gasteiger partial charge in [-0.15, -0.1) is 0 Å². The predicted octanol–water partition coefficient (Wildman–Crippen LogP) is 2.37. The second kappa shape index (κ2) is 6.78. The Balaban J connectivity index is 2.42. The van der Waals surface area contributed by atoms with Gasteiger partial charge in [0.2, 0.25) is 0 Å². The molecule has 1 aliphatic carbocycles. The molecule has 0 unspecified atom stereocenters. The molecule has 0 aliphatic heterocycles.